The second-order valence-electron chi connectivity index (χ2n) is 3.42. The molecule has 0 fully saturated rings. The molecule has 0 aliphatic carbocycles. The smallest absolute Gasteiger partial charge is 0.333 e. The molecule has 0 bridgehead atoms. The molecule has 0 heterocycles. The molecule has 0 N–H and O–H groups in total. The minimum absolute atomic E-state index is 0.257. The van der Waals surface area contributed by atoms with E-state index in [2.05, 4.69) is 15.9 Å². The number of hydrogen-bond donors (Lipinski definition) is 0. The van der Waals surface area contributed by atoms with E-state index in [9.17, 15) is 4.79 Å². The van der Waals surface area contributed by atoms with Crippen LogP contribution in [-0.2, 0) is 14.9 Å². The van der Waals surface area contributed by atoms with Crippen molar-refractivity contribution < 1.29 is 9.53 Å². The molecule has 1 aromatic rings. The van der Waals surface area contributed by atoms with Crippen LogP contribution in [0.25, 0.3) is 6.08 Å². The van der Waals surface area contributed by atoms with E-state index in [-0.39, 0.29) is 5.97 Å². The van der Waals surface area contributed by atoms with Crippen LogP contribution in [0.1, 0.15) is 25.0 Å². The van der Waals surface area contributed by atoms with Gasteiger partial charge < -0.3 is 4.74 Å². The summed E-state index contributed by atoms with van der Waals surface area (Å²) in [5.74, 6) is -0.257. The fourth-order valence-corrected chi connectivity index (χ4v) is 1.63. The molecule has 0 aliphatic heterocycles. The third-order valence-electron chi connectivity index (χ3n) is 2.11. The molecule has 0 saturated heterocycles. The van der Waals surface area contributed by atoms with Crippen molar-refractivity contribution in [3.63, 3.8) is 0 Å². The van der Waals surface area contributed by atoms with Crippen molar-refractivity contribution in [3.8, 4) is 0 Å². The van der Waals surface area contributed by atoms with E-state index in [0.717, 1.165) is 10.9 Å². The molecule has 0 aromatic heterocycles. The predicted molar refractivity (Wildman–Crippen MR) is 69.4 cm³/mol. The van der Waals surface area contributed by atoms with Crippen LogP contribution in [0.3, 0.4) is 0 Å². The molecule has 2 nitrogen and oxygen atoms in total. The molecule has 0 spiro atoms. The number of rotatable bonds is 4. The predicted octanol–water partition coefficient (Wildman–Crippen LogP) is 3.55. The summed E-state index contributed by atoms with van der Waals surface area (Å²) in [6.45, 7) is 3.97. The van der Waals surface area contributed by atoms with Crippen molar-refractivity contribution >= 4 is 28.0 Å². The number of benzene rings is 1. The lowest BCUT2D eigenvalue weighted by Gasteiger charge is -2.02. The number of esters is 1. The van der Waals surface area contributed by atoms with E-state index in [1.54, 1.807) is 13.8 Å². The van der Waals surface area contributed by atoms with Crippen LogP contribution >= 0.6 is 15.9 Å². The van der Waals surface area contributed by atoms with Crippen molar-refractivity contribution in [3.05, 3.63) is 41.0 Å². The van der Waals surface area contributed by atoms with Crippen LogP contribution < -0.4 is 0 Å². The molecule has 1 rings (SSSR count). The molecule has 86 valence electrons. The van der Waals surface area contributed by atoms with Gasteiger partial charge in [-0.15, -0.1) is 0 Å². The SMILES string of the molecule is CCOC(=O)C(C)=Cc1ccc(CBr)cc1. The quantitative estimate of drug-likeness (QED) is 0.480. The van der Waals surface area contributed by atoms with Gasteiger partial charge in [0.05, 0.1) is 6.61 Å². The minimum atomic E-state index is -0.257. The maximum atomic E-state index is 11.4. The summed E-state index contributed by atoms with van der Waals surface area (Å²) in [7, 11) is 0. The highest BCUT2D eigenvalue weighted by atomic mass is 79.9. The second kappa shape index (κ2) is 6.48. The lowest BCUT2D eigenvalue weighted by Crippen LogP contribution is -2.04. The highest BCUT2D eigenvalue weighted by Gasteiger charge is 2.03. The first-order valence-electron chi connectivity index (χ1n) is 5.17. The Bertz CT molecular complexity index is 379. The highest BCUT2D eigenvalue weighted by Crippen LogP contribution is 2.11. The monoisotopic (exact) mass is 282 g/mol. The third kappa shape index (κ3) is 3.81. The van der Waals surface area contributed by atoms with Crippen molar-refractivity contribution in [2.24, 2.45) is 0 Å². The summed E-state index contributed by atoms with van der Waals surface area (Å²) >= 11 is 3.39. The van der Waals surface area contributed by atoms with Crippen LogP contribution in [0.4, 0.5) is 0 Å². The topological polar surface area (TPSA) is 26.3 Å². The average molecular weight is 283 g/mol. The number of halogens is 1. The lowest BCUT2D eigenvalue weighted by molar-refractivity contribution is -0.138. The number of alkyl halides is 1. The molecule has 1 aromatic carbocycles. The van der Waals surface area contributed by atoms with Crippen molar-refractivity contribution in [1.82, 2.24) is 0 Å². The first kappa shape index (κ1) is 13.0. The molecule has 0 atom stereocenters. The molecule has 0 radical (unpaired) electrons. The summed E-state index contributed by atoms with van der Waals surface area (Å²) < 4.78 is 4.91. The lowest BCUT2D eigenvalue weighted by atomic mass is 10.1. The van der Waals surface area contributed by atoms with Crippen LogP contribution in [0.5, 0.6) is 0 Å². The van der Waals surface area contributed by atoms with Gasteiger partial charge in [-0.25, -0.2) is 4.79 Å². The van der Waals surface area contributed by atoms with Crippen LogP contribution in [0.2, 0.25) is 0 Å². The van der Waals surface area contributed by atoms with Gasteiger partial charge in [-0.3, -0.25) is 0 Å². The Morgan fingerprint density at radius 3 is 2.50 bits per heavy atom. The maximum absolute atomic E-state index is 11.4. The number of ether oxygens (including phenoxy) is 1. The van der Waals surface area contributed by atoms with Gasteiger partial charge in [0.2, 0.25) is 0 Å². The van der Waals surface area contributed by atoms with E-state index in [1.807, 2.05) is 30.3 Å². The summed E-state index contributed by atoms with van der Waals surface area (Å²) in [6.07, 6.45) is 1.83. The zero-order chi connectivity index (χ0) is 12.0. The van der Waals surface area contributed by atoms with Crippen molar-refractivity contribution in [2.75, 3.05) is 6.61 Å². The van der Waals surface area contributed by atoms with Gasteiger partial charge in [-0.05, 0) is 31.1 Å². The molecule has 0 aliphatic rings. The zero-order valence-electron chi connectivity index (χ0n) is 9.50. The summed E-state index contributed by atoms with van der Waals surface area (Å²) in [5.41, 5.74) is 2.84. The average Bonchev–Trinajstić information content (AvgIpc) is 2.30. The third-order valence-corrected chi connectivity index (χ3v) is 2.76. The molecule has 0 unspecified atom stereocenters. The van der Waals surface area contributed by atoms with E-state index < -0.39 is 0 Å². The van der Waals surface area contributed by atoms with Gasteiger partial charge in [-0.1, -0.05) is 40.2 Å². The molecule has 16 heavy (non-hydrogen) atoms. The molecule has 3 heteroatoms. The van der Waals surface area contributed by atoms with Gasteiger partial charge in [0.1, 0.15) is 0 Å². The molecule has 0 amide bonds. The Morgan fingerprint density at radius 1 is 1.38 bits per heavy atom. The summed E-state index contributed by atoms with van der Waals surface area (Å²) in [6, 6.07) is 8.02. The first-order chi connectivity index (χ1) is 7.67. The number of carbonyl (C=O) groups is 1. The van der Waals surface area contributed by atoms with Crippen molar-refractivity contribution in [1.29, 1.82) is 0 Å². The Kier molecular flexibility index (Phi) is 5.26. The van der Waals surface area contributed by atoms with Gasteiger partial charge in [-0.2, -0.15) is 0 Å². The fourth-order valence-electron chi connectivity index (χ4n) is 1.26. The normalized spacial score (nSPS) is 11.3. The zero-order valence-corrected chi connectivity index (χ0v) is 11.1. The van der Waals surface area contributed by atoms with Crippen LogP contribution in [-0.4, -0.2) is 12.6 Å². The van der Waals surface area contributed by atoms with Gasteiger partial charge in [0, 0.05) is 10.9 Å². The largest absolute Gasteiger partial charge is 0.463 e. The van der Waals surface area contributed by atoms with Gasteiger partial charge in [0.15, 0.2) is 0 Å². The highest BCUT2D eigenvalue weighted by molar-refractivity contribution is 9.08. The van der Waals surface area contributed by atoms with E-state index in [4.69, 9.17) is 4.74 Å². The number of hydrogen-bond acceptors (Lipinski definition) is 2. The first-order valence-corrected chi connectivity index (χ1v) is 6.30. The van der Waals surface area contributed by atoms with Crippen LogP contribution in [0, 0.1) is 0 Å². The van der Waals surface area contributed by atoms with E-state index >= 15 is 0 Å². The minimum Gasteiger partial charge on any atom is -0.463 e. The fraction of sp³-hybridized carbons (Fsp3) is 0.308. The molecular formula is C13H15BrO2. The Balaban J connectivity index is 2.77. The van der Waals surface area contributed by atoms with Crippen LogP contribution in [0.15, 0.2) is 29.8 Å². The van der Waals surface area contributed by atoms with Gasteiger partial charge in [0.25, 0.3) is 0 Å². The van der Waals surface area contributed by atoms with E-state index in [0.29, 0.717) is 12.2 Å². The van der Waals surface area contributed by atoms with E-state index in [1.165, 1.54) is 5.56 Å². The maximum Gasteiger partial charge on any atom is 0.333 e. The summed E-state index contributed by atoms with van der Waals surface area (Å²) in [5, 5.41) is 0.841. The molecular weight excluding hydrogens is 268 g/mol. The molecule has 0 saturated carbocycles. The summed E-state index contributed by atoms with van der Waals surface area (Å²) in [4.78, 5) is 11.4. The van der Waals surface area contributed by atoms with Gasteiger partial charge >= 0.3 is 5.97 Å². The Labute approximate surface area is 104 Å². The Hall–Kier alpha value is -1.09. The van der Waals surface area contributed by atoms with Crippen molar-refractivity contribution in [2.45, 2.75) is 19.2 Å². The second-order valence-corrected chi connectivity index (χ2v) is 3.98. The standard InChI is InChI=1S/C13H15BrO2/c1-3-16-13(15)10(2)8-11-4-6-12(9-14)7-5-11/h4-8H,3,9H2,1-2H3. The number of carbonyl (C=O) groups excluding carboxylic acids is 1. The Morgan fingerprint density at radius 2 is 2.00 bits per heavy atom.